The number of nitrogens with zero attached hydrogens (tertiary/aromatic N) is 2. The van der Waals surface area contributed by atoms with Crippen molar-refractivity contribution in [1.29, 1.82) is 0 Å². The van der Waals surface area contributed by atoms with Crippen LogP contribution in [-0.2, 0) is 0 Å². The lowest BCUT2D eigenvalue weighted by Crippen LogP contribution is -2.32. The van der Waals surface area contributed by atoms with E-state index in [2.05, 4.69) is 26.0 Å². The summed E-state index contributed by atoms with van der Waals surface area (Å²) in [5.74, 6) is 0. The minimum atomic E-state index is -0.555. The zero-order valence-electron chi connectivity index (χ0n) is 10.0. The number of hydrogen-bond acceptors (Lipinski definition) is 4. The summed E-state index contributed by atoms with van der Waals surface area (Å²) in [5, 5.41) is 6.29. The fraction of sp³-hybridized carbons (Fsp3) is 0. The van der Waals surface area contributed by atoms with Crippen molar-refractivity contribution in [2.75, 3.05) is 0 Å². The molecule has 0 spiro atoms. The molecule has 0 aliphatic heterocycles. The van der Waals surface area contributed by atoms with Gasteiger partial charge in [0.15, 0.2) is 0 Å². The van der Waals surface area contributed by atoms with Gasteiger partial charge in [-0.05, 0) is 34.1 Å². The highest BCUT2D eigenvalue weighted by molar-refractivity contribution is 9.10. The summed E-state index contributed by atoms with van der Waals surface area (Å²) in [6.45, 7) is 0. The Balaban J connectivity index is 2.14. The van der Waals surface area contributed by atoms with E-state index < -0.39 is 11.2 Å². The number of nitrogens with one attached hydrogen (secondary N) is 1. The first-order valence-corrected chi connectivity index (χ1v) is 7.35. The predicted octanol–water partition coefficient (Wildman–Crippen LogP) is 2.40. The molecule has 2 aromatic heterocycles. The molecule has 0 radical (unpaired) electrons. The molecule has 3 rings (SSSR count). The first-order chi connectivity index (χ1) is 9.65. The fourth-order valence-electron chi connectivity index (χ4n) is 1.77. The lowest BCUT2D eigenvalue weighted by atomic mass is 10.2. The Morgan fingerprint density at radius 2 is 2.10 bits per heavy atom. The van der Waals surface area contributed by atoms with Crippen LogP contribution in [0.2, 0.25) is 0 Å². The van der Waals surface area contributed by atoms with Gasteiger partial charge in [0.1, 0.15) is 0 Å². The molecule has 1 N–H and O–H groups in total. The van der Waals surface area contributed by atoms with Crippen LogP contribution in [-0.4, -0.2) is 15.9 Å². The van der Waals surface area contributed by atoms with Gasteiger partial charge in [-0.2, -0.15) is 5.10 Å². The molecule has 100 valence electrons. The van der Waals surface area contributed by atoms with E-state index in [0.29, 0.717) is 10.9 Å². The maximum atomic E-state index is 12.2. The maximum Gasteiger partial charge on any atom is 0.349 e. The monoisotopic (exact) mass is 349 g/mol. The average molecular weight is 350 g/mol. The van der Waals surface area contributed by atoms with Crippen LogP contribution >= 0.6 is 27.3 Å². The van der Waals surface area contributed by atoms with Gasteiger partial charge in [-0.3, -0.25) is 4.79 Å². The third kappa shape index (κ3) is 2.37. The van der Waals surface area contributed by atoms with Crippen molar-refractivity contribution in [3.63, 3.8) is 0 Å². The molecule has 0 bridgehead atoms. The Morgan fingerprint density at radius 3 is 2.85 bits per heavy atom. The second-order valence-electron chi connectivity index (χ2n) is 4.00. The lowest BCUT2D eigenvalue weighted by molar-refractivity contribution is 0.771. The molecule has 0 atom stereocenters. The topological polar surface area (TPSA) is 67.2 Å². The SMILES string of the molecule is O=c1[nH]c2ccccc2c(=O)n1N=Cc1cc(Br)cs1. The van der Waals surface area contributed by atoms with E-state index in [1.54, 1.807) is 24.3 Å². The van der Waals surface area contributed by atoms with Crippen LogP contribution < -0.4 is 11.2 Å². The number of halogens is 1. The highest BCUT2D eigenvalue weighted by atomic mass is 79.9. The Kier molecular flexibility index (Phi) is 3.37. The summed E-state index contributed by atoms with van der Waals surface area (Å²) in [5.41, 5.74) is -0.482. The molecular weight excluding hydrogens is 342 g/mol. The summed E-state index contributed by atoms with van der Waals surface area (Å²) >= 11 is 4.79. The molecule has 20 heavy (non-hydrogen) atoms. The van der Waals surface area contributed by atoms with Gasteiger partial charge < -0.3 is 4.98 Å². The molecule has 2 heterocycles. The van der Waals surface area contributed by atoms with Crippen LogP contribution in [0.1, 0.15) is 4.88 Å². The van der Waals surface area contributed by atoms with E-state index in [9.17, 15) is 9.59 Å². The van der Waals surface area contributed by atoms with E-state index in [4.69, 9.17) is 0 Å². The van der Waals surface area contributed by atoms with E-state index in [0.717, 1.165) is 14.0 Å². The lowest BCUT2D eigenvalue weighted by Gasteiger charge is -1.99. The smallest absolute Gasteiger partial charge is 0.305 e. The highest BCUT2D eigenvalue weighted by Crippen LogP contribution is 2.17. The van der Waals surface area contributed by atoms with Crippen molar-refractivity contribution in [1.82, 2.24) is 9.66 Å². The first-order valence-electron chi connectivity index (χ1n) is 5.67. The van der Waals surface area contributed by atoms with Crippen molar-refractivity contribution in [2.45, 2.75) is 0 Å². The fourth-order valence-corrected chi connectivity index (χ4v) is 3.07. The van der Waals surface area contributed by atoms with Gasteiger partial charge in [0, 0.05) is 14.7 Å². The number of fused-ring (bicyclic) bond motifs is 1. The van der Waals surface area contributed by atoms with Gasteiger partial charge in [-0.15, -0.1) is 16.0 Å². The Morgan fingerprint density at radius 1 is 1.30 bits per heavy atom. The van der Waals surface area contributed by atoms with Crippen LogP contribution in [0.15, 0.2) is 54.9 Å². The Bertz CT molecular complexity index is 923. The number of benzene rings is 1. The summed E-state index contributed by atoms with van der Waals surface area (Å²) in [7, 11) is 0. The molecule has 3 aromatic rings. The third-order valence-corrected chi connectivity index (χ3v) is 4.30. The summed E-state index contributed by atoms with van der Waals surface area (Å²) in [6, 6.07) is 8.69. The summed E-state index contributed by atoms with van der Waals surface area (Å²) in [4.78, 5) is 27.5. The molecule has 1 aromatic carbocycles. The van der Waals surface area contributed by atoms with Crippen LogP contribution in [0.3, 0.4) is 0 Å². The van der Waals surface area contributed by atoms with E-state index in [1.165, 1.54) is 17.6 Å². The second-order valence-corrected chi connectivity index (χ2v) is 5.86. The van der Waals surface area contributed by atoms with Crippen LogP contribution in [0, 0.1) is 0 Å². The van der Waals surface area contributed by atoms with Crippen LogP contribution in [0.4, 0.5) is 0 Å². The van der Waals surface area contributed by atoms with Gasteiger partial charge in [0.25, 0.3) is 5.56 Å². The second kappa shape index (κ2) is 5.18. The predicted molar refractivity (Wildman–Crippen MR) is 83.8 cm³/mol. The molecule has 0 unspecified atom stereocenters. The molecule has 0 aliphatic carbocycles. The van der Waals surface area contributed by atoms with Crippen molar-refractivity contribution in [3.8, 4) is 0 Å². The molecular formula is C13H8BrN3O2S. The van der Waals surface area contributed by atoms with Gasteiger partial charge in [-0.1, -0.05) is 12.1 Å². The highest BCUT2D eigenvalue weighted by Gasteiger charge is 2.05. The van der Waals surface area contributed by atoms with Gasteiger partial charge in [0.2, 0.25) is 0 Å². The Hall–Kier alpha value is -1.99. The quantitative estimate of drug-likeness (QED) is 0.721. The van der Waals surface area contributed by atoms with Crippen LogP contribution in [0.5, 0.6) is 0 Å². The molecule has 5 nitrogen and oxygen atoms in total. The van der Waals surface area contributed by atoms with E-state index in [1.807, 2.05) is 11.4 Å². The minimum absolute atomic E-state index is 0.427. The van der Waals surface area contributed by atoms with Crippen molar-refractivity contribution in [3.05, 3.63) is 65.9 Å². The molecule has 0 amide bonds. The van der Waals surface area contributed by atoms with E-state index in [-0.39, 0.29) is 0 Å². The van der Waals surface area contributed by atoms with Gasteiger partial charge in [-0.25, -0.2) is 4.79 Å². The molecule has 0 fully saturated rings. The van der Waals surface area contributed by atoms with Crippen molar-refractivity contribution < 1.29 is 0 Å². The number of hydrogen-bond donors (Lipinski definition) is 1. The maximum absolute atomic E-state index is 12.2. The number of aromatic amines is 1. The molecule has 0 aliphatic rings. The Labute approximate surface area is 125 Å². The largest absolute Gasteiger partial charge is 0.349 e. The number of aromatic nitrogens is 2. The van der Waals surface area contributed by atoms with E-state index >= 15 is 0 Å². The average Bonchev–Trinajstić information content (AvgIpc) is 2.84. The van der Waals surface area contributed by atoms with Gasteiger partial charge in [0.05, 0.1) is 17.1 Å². The standard InChI is InChI=1S/C13H8BrN3O2S/c14-8-5-9(20-7-8)6-15-17-12(18)10-3-1-2-4-11(10)16-13(17)19/h1-7H,(H,16,19). The summed E-state index contributed by atoms with van der Waals surface area (Å²) < 4.78 is 1.76. The molecule has 0 saturated carbocycles. The van der Waals surface area contributed by atoms with Crippen molar-refractivity contribution >= 4 is 44.4 Å². The van der Waals surface area contributed by atoms with Crippen molar-refractivity contribution in [2.24, 2.45) is 5.10 Å². The molecule has 0 saturated heterocycles. The third-order valence-electron chi connectivity index (χ3n) is 2.67. The minimum Gasteiger partial charge on any atom is -0.305 e. The zero-order chi connectivity index (χ0) is 14.1. The first kappa shape index (κ1) is 13.0. The molecule has 7 heteroatoms. The number of para-hydroxylation sites is 1. The van der Waals surface area contributed by atoms with Gasteiger partial charge >= 0.3 is 5.69 Å². The zero-order valence-corrected chi connectivity index (χ0v) is 12.4. The number of thiophene rings is 1. The number of H-pyrrole nitrogens is 1. The van der Waals surface area contributed by atoms with Crippen LogP contribution in [0.25, 0.3) is 10.9 Å². The normalized spacial score (nSPS) is 11.4. The number of rotatable bonds is 2. The summed E-state index contributed by atoms with van der Waals surface area (Å²) in [6.07, 6.45) is 1.49.